The van der Waals surface area contributed by atoms with Crippen molar-refractivity contribution in [2.24, 2.45) is 0 Å². The zero-order chi connectivity index (χ0) is 12.8. The van der Waals surface area contributed by atoms with Crippen LogP contribution < -0.4 is 5.32 Å². The second kappa shape index (κ2) is 6.80. The maximum atomic E-state index is 8.58. The number of nitrogens with one attached hydrogen (secondary N) is 1. The molecule has 0 bridgehead atoms. The molecule has 4 nitrogen and oxygen atoms in total. The van der Waals surface area contributed by atoms with Gasteiger partial charge in [-0.2, -0.15) is 0 Å². The Morgan fingerprint density at radius 2 is 2.22 bits per heavy atom. The van der Waals surface area contributed by atoms with Gasteiger partial charge in [-0.25, -0.2) is 4.98 Å². The molecule has 5 heteroatoms. The Hall–Kier alpha value is -1.01. The molecule has 0 aliphatic heterocycles. The molecule has 0 fully saturated rings. The molecule has 0 amide bonds. The van der Waals surface area contributed by atoms with Crippen molar-refractivity contribution >= 4 is 21.6 Å². The van der Waals surface area contributed by atoms with Crippen molar-refractivity contribution in [1.82, 2.24) is 10.3 Å². The molecule has 1 aromatic heterocycles. The van der Waals surface area contributed by atoms with E-state index in [4.69, 9.17) is 9.84 Å². The monoisotopic (exact) mass is 266 g/mol. The largest absolute Gasteiger partial charge is 0.394 e. The van der Waals surface area contributed by atoms with E-state index in [-0.39, 0.29) is 12.6 Å². The zero-order valence-electron chi connectivity index (χ0n) is 10.4. The molecule has 1 aromatic carbocycles. The lowest BCUT2D eigenvalue weighted by Crippen LogP contribution is -2.23. The highest BCUT2D eigenvalue weighted by molar-refractivity contribution is 7.18. The van der Waals surface area contributed by atoms with E-state index in [1.165, 1.54) is 4.70 Å². The minimum atomic E-state index is 0.0768. The Morgan fingerprint density at radius 3 is 3.00 bits per heavy atom. The maximum Gasteiger partial charge on any atom is 0.111 e. The van der Waals surface area contributed by atoms with Crippen molar-refractivity contribution in [2.45, 2.75) is 13.0 Å². The molecule has 2 rings (SSSR count). The predicted octanol–water partition coefficient (Wildman–Crippen LogP) is 1.96. The third-order valence-electron chi connectivity index (χ3n) is 2.61. The summed E-state index contributed by atoms with van der Waals surface area (Å²) in [4.78, 5) is 4.60. The maximum absolute atomic E-state index is 8.58. The molecule has 1 atom stereocenters. The van der Waals surface area contributed by atoms with Crippen LogP contribution in [-0.4, -0.2) is 36.5 Å². The molecular formula is C13H18N2O2S. The number of hydrogen-bond donors (Lipinski definition) is 2. The molecule has 0 saturated heterocycles. The van der Waals surface area contributed by atoms with Gasteiger partial charge in [-0.3, -0.25) is 0 Å². The van der Waals surface area contributed by atoms with E-state index in [1.807, 2.05) is 18.2 Å². The summed E-state index contributed by atoms with van der Waals surface area (Å²) in [5.41, 5.74) is 1.06. The minimum absolute atomic E-state index is 0.0768. The van der Waals surface area contributed by atoms with Crippen LogP contribution in [0.3, 0.4) is 0 Å². The van der Waals surface area contributed by atoms with Gasteiger partial charge in [-0.05, 0) is 19.1 Å². The summed E-state index contributed by atoms with van der Waals surface area (Å²) < 4.78 is 6.42. The number of para-hydroxylation sites is 1. The molecule has 0 radical (unpaired) electrons. The van der Waals surface area contributed by atoms with Crippen molar-refractivity contribution in [3.05, 3.63) is 29.3 Å². The molecule has 2 aromatic rings. The van der Waals surface area contributed by atoms with Gasteiger partial charge in [0.05, 0.1) is 36.1 Å². The lowest BCUT2D eigenvalue weighted by atomic mass is 10.3. The highest BCUT2D eigenvalue weighted by Crippen LogP contribution is 2.25. The Labute approximate surface area is 111 Å². The molecule has 18 heavy (non-hydrogen) atoms. The summed E-state index contributed by atoms with van der Waals surface area (Å²) in [5.74, 6) is 0. The molecule has 1 heterocycles. The first-order valence-electron chi connectivity index (χ1n) is 6.08. The topological polar surface area (TPSA) is 54.4 Å². The fourth-order valence-corrected chi connectivity index (χ4v) is 2.67. The number of aliphatic hydroxyl groups is 1. The summed E-state index contributed by atoms with van der Waals surface area (Å²) in [7, 11) is 0. The number of aliphatic hydroxyl groups excluding tert-OH is 1. The number of rotatable bonds is 7. The van der Waals surface area contributed by atoms with Gasteiger partial charge in [0.1, 0.15) is 5.01 Å². The molecule has 0 saturated carbocycles. The Kier molecular flexibility index (Phi) is 5.07. The van der Waals surface area contributed by atoms with E-state index in [9.17, 15) is 0 Å². The van der Waals surface area contributed by atoms with E-state index in [1.54, 1.807) is 11.3 Å². The lowest BCUT2D eigenvalue weighted by molar-refractivity contribution is 0.0928. The first-order valence-corrected chi connectivity index (χ1v) is 6.90. The third kappa shape index (κ3) is 3.49. The van der Waals surface area contributed by atoms with Gasteiger partial charge < -0.3 is 15.2 Å². The Morgan fingerprint density at radius 1 is 1.39 bits per heavy atom. The average molecular weight is 266 g/mol. The zero-order valence-corrected chi connectivity index (χ0v) is 11.2. The van der Waals surface area contributed by atoms with Crippen molar-refractivity contribution in [3.63, 3.8) is 0 Å². The Balaban J connectivity index is 1.86. The normalized spacial score (nSPS) is 13.0. The minimum Gasteiger partial charge on any atom is -0.394 e. The highest BCUT2D eigenvalue weighted by atomic mass is 32.1. The molecule has 0 spiro atoms. The molecule has 0 aliphatic rings. The number of fused-ring (bicyclic) bond motifs is 1. The molecular weight excluding hydrogens is 248 g/mol. The summed E-state index contributed by atoms with van der Waals surface area (Å²) >= 11 is 1.72. The smallest absolute Gasteiger partial charge is 0.111 e. The second-order valence-corrected chi connectivity index (χ2v) is 5.09. The van der Waals surface area contributed by atoms with Crippen LogP contribution in [0.25, 0.3) is 10.2 Å². The highest BCUT2D eigenvalue weighted by Gasteiger charge is 2.10. The summed E-state index contributed by atoms with van der Waals surface area (Å²) in [6.45, 7) is 3.95. The fraction of sp³-hybridized carbons (Fsp3) is 0.462. The van der Waals surface area contributed by atoms with Gasteiger partial charge in [0.25, 0.3) is 0 Å². The van der Waals surface area contributed by atoms with E-state index in [0.29, 0.717) is 13.2 Å². The number of ether oxygens (including phenoxy) is 1. The fourth-order valence-electron chi connectivity index (χ4n) is 1.68. The van der Waals surface area contributed by atoms with E-state index in [2.05, 4.69) is 23.3 Å². The molecule has 2 N–H and O–H groups in total. The van der Waals surface area contributed by atoms with Gasteiger partial charge in [0, 0.05) is 6.54 Å². The van der Waals surface area contributed by atoms with Crippen LogP contribution in [0.2, 0.25) is 0 Å². The van der Waals surface area contributed by atoms with E-state index < -0.39 is 0 Å². The van der Waals surface area contributed by atoms with Crippen LogP contribution in [0, 0.1) is 0 Å². The quantitative estimate of drug-likeness (QED) is 0.752. The van der Waals surface area contributed by atoms with E-state index in [0.717, 1.165) is 17.1 Å². The SMILES string of the molecule is CC(NCCOCCO)c1nc2ccccc2s1. The van der Waals surface area contributed by atoms with Crippen LogP contribution in [0.15, 0.2) is 24.3 Å². The number of thiazole rings is 1. The van der Waals surface area contributed by atoms with Crippen LogP contribution in [0.5, 0.6) is 0 Å². The summed E-state index contributed by atoms with van der Waals surface area (Å²) in [6.07, 6.45) is 0. The van der Waals surface area contributed by atoms with Crippen LogP contribution >= 0.6 is 11.3 Å². The van der Waals surface area contributed by atoms with Gasteiger partial charge in [0.15, 0.2) is 0 Å². The second-order valence-electron chi connectivity index (χ2n) is 4.03. The first-order chi connectivity index (χ1) is 8.81. The standard InChI is InChI=1S/C13H18N2O2S/c1-10(14-6-8-17-9-7-16)13-15-11-4-2-3-5-12(11)18-13/h2-5,10,14,16H,6-9H2,1H3. The molecule has 0 aliphatic carbocycles. The van der Waals surface area contributed by atoms with Crippen molar-refractivity contribution < 1.29 is 9.84 Å². The van der Waals surface area contributed by atoms with Crippen molar-refractivity contribution in [2.75, 3.05) is 26.4 Å². The van der Waals surface area contributed by atoms with Crippen molar-refractivity contribution in [3.8, 4) is 0 Å². The first kappa shape index (κ1) is 13.4. The summed E-state index contributed by atoms with van der Waals surface area (Å²) in [6, 6.07) is 8.39. The molecule has 1 unspecified atom stereocenters. The van der Waals surface area contributed by atoms with Crippen LogP contribution in [0.4, 0.5) is 0 Å². The number of benzene rings is 1. The van der Waals surface area contributed by atoms with Gasteiger partial charge in [-0.1, -0.05) is 12.1 Å². The van der Waals surface area contributed by atoms with Crippen LogP contribution in [-0.2, 0) is 4.74 Å². The number of nitrogens with zero attached hydrogens (tertiary/aromatic N) is 1. The van der Waals surface area contributed by atoms with Gasteiger partial charge in [0.2, 0.25) is 0 Å². The lowest BCUT2D eigenvalue weighted by Gasteiger charge is -2.10. The van der Waals surface area contributed by atoms with E-state index >= 15 is 0 Å². The predicted molar refractivity (Wildman–Crippen MR) is 73.9 cm³/mol. The summed E-state index contributed by atoms with van der Waals surface area (Å²) in [5, 5.41) is 13.0. The van der Waals surface area contributed by atoms with Gasteiger partial charge >= 0.3 is 0 Å². The van der Waals surface area contributed by atoms with Crippen molar-refractivity contribution in [1.29, 1.82) is 0 Å². The third-order valence-corrected chi connectivity index (χ3v) is 3.83. The number of hydrogen-bond acceptors (Lipinski definition) is 5. The average Bonchev–Trinajstić information content (AvgIpc) is 2.82. The Bertz CT molecular complexity index is 454. The van der Waals surface area contributed by atoms with Gasteiger partial charge in [-0.15, -0.1) is 11.3 Å². The van der Waals surface area contributed by atoms with Crippen LogP contribution in [0.1, 0.15) is 18.0 Å². The number of aromatic nitrogens is 1. The molecule has 98 valence electrons.